The number of carbonyl (C=O) groups is 1. The molecule has 4 rings (SSSR count). The van der Waals surface area contributed by atoms with Crippen LogP contribution in [0.25, 0.3) is 22.9 Å². The van der Waals surface area contributed by atoms with Gasteiger partial charge < -0.3 is 9.73 Å². The molecule has 0 spiro atoms. The van der Waals surface area contributed by atoms with Crippen LogP contribution in [0.3, 0.4) is 0 Å². The van der Waals surface area contributed by atoms with E-state index in [2.05, 4.69) is 15.5 Å². The summed E-state index contributed by atoms with van der Waals surface area (Å²) in [6.45, 7) is 0. The van der Waals surface area contributed by atoms with Gasteiger partial charge in [0.05, 0.1) is 5.75 Å². The number of thioether (sulfide) groups is 1. The maximum Gasteiger partial charge on any atom is 0.248 e. The first-order chi connectivity index (χ1) is 15.1. The van der Waals surface area contributed by atoms with E-state index in [1.807, 2.05) is 54.6 Å². The van der Waals surface area contributed by atoms with E-state index < -0.39 is 0 Å². The van der Waals surface area contributed by atoms with Crippen LogP contribution in [0.4, 0.5) is 5.69 Å². The highest BCUT2D eigenvalue weighted by molar-refractivity contribution is 7.99. The standard InChI is InChI=1S/C23H17Cl2N3O2S/c24-18-10-9-17(20(25)12-18)13-31-14-21(29)26-19-8-4-7-16(11-19)23-28-27-22(30-23)15-5-2-1-3-6-15/h1-12H,13-14H2,(H,26,29). The van der Waals surface area contributed by atoms with Crippen molar-refractivity contribution in [3.63, 3.8) is 0 Å². The highest BCUT2D eigenvalue weighted by atomic mass is 35.5. The minimum atomic E-state index is -0.109. The second-order valence-electron chi connectivity index (χ2n) is 6.64. The molecule has 156 valence electrons. The van der Waals surface area contributed by atoms with E-state index in [0.29, 0.717) is 39.0 Å². The molecule has 0 saturated carbocycles. The number of carbonyl (C=O) groups excluding carboxylic acids is 1. The van der Waals surface area contributed by atoms with Crippen LogP contribution in [0.2, 0.25) is 10.0 Å². The lowest BCUT2D eigenvalue weighted by molar-refractivity contribution is -0.113. The summed E-state index contributed by atoms with van der Waals surface area (Å²) in [5, 5.41) is 12.3. The molecule has 0 aliphatic heterocycles. The Kier molecular flexibility index (Phi) is 6.92. The van der Waals surface area contributed by atoms with Gasteiger partial charge in [-0.3, -0.25) is 4.79 Å². The Balaban J connectivity index is 1.36. The fourth-order valence-corrected chi connectivity index (χ4v) is 4.24. The third-order valence-corrected chi connectivity index (χ3v) is 5.91. The predicted molar refractivity (Wildman–Crippen MR) is 126 cm³/mol. The summed E-state index contributed by atoms with van der Waals surface area (Å²) in [6.07, 6.45) is 0. The molecule has 5 nitrogen and oxygen atoms in total. The molecule has 8 heteroatoms. The number of nitrogens with one attached hydrogen (secondary N) is 1. The van der Waals surface area contributed by atoms with Gasteiger partial charge in [-0.25, -0.2) is 0 Å². The predicted octanol–water partition coefficient (Wildman–Crippen LogP) is 6.58. The summed E-state index contributed by atoms with van der Waals surface area (Å²) in [5.74, 6) is 1.64. The Morgan fingerprint density at radius 2 is 1.65 bits per heavy atom. The number of nitrogens with zero attached hydrogens (tertiary/aromatic N) is 2. The van der Waals surface area contributed by atoms with Crippen molar-refractivity contribution in [1.82, 2.24) is 10.2 Å². The number of anilines is 1. The Bertz CT molecular complexity index is 1200. The molecule has 0 bridgehead atoms. The second kappa shape index (κ2) is 10.0. The number of hydrogen-bond acceptors (Lipinski definition) is 5. The normalized spacial score (nSPS) is 10.8. The van der Waals surface area contributed by atoms with Crippen molar-refractivity contribution in [3.8, 4) is 22.9 Å². The van der Waals surface area contributed by atoms with Crippen LogP contribution in [0, 0.1) is 0 Å². The van der Waals surface area contributed by atoms with E-state index in [0.717, 1.165) is 16.7 Å². The summed E-state index contributed by atoms with van der Waals surface area (Å²) in [5.41, 5.74) is 3.18. The molecule has 0 aliphatic carbocycles. The van der Waals surface area contributed by atoms with Gasteiger partial charge in [0.15, 0.2) is 0 Å². The molecule has 0 saturated heterocycles. The van der Waals surface area contributed by atoms with Crippen molar-refractivity contribution < 1.29 is 9.21 Å². The lowest BCUT2D eigenvalue weighted by Crippen LogP contribution is -2.14. The van der Waals surface area contributed by atoms with E-state index in [1.165, 1.54) is 11.8 Å². The molecule has 1 N–H and O–H groups in total. The van der Waals surface area contributed by atoms with Crippen LogP contribution >= 0.6 is 35.0 Å². The van der Waals surface area contributed by atoms with Gasteiger partial charge in [-0.2, -0.15) is 0 Å². The summed E-state index contributed by atoms with van der Waals surface area (Å²) >= 11 is 13.6. The summed E-state index contributed by atoms with van der Waals surface area (Å²) < 4.78 is 5.79. The average Bonchev–Trinajstić information content (AvgIpc) is 3.27. The van der Waals surface area contributed by atoms with Crippen molar-refractivity contribution in [2.75, 3.05) is 11.1 Å². The van der Waals surface area contributed by atoms with Crippen LogP contribution in [0.5, 0.6) is 0 Å². The first-order valence-corrected chi connectivity index (χ1v) is 11.3. The SMILES string of the molecule is O=C(CSCc1ccc(Cl)cc1Cl)Nc1cccc(-c2nnc(-c3ccccc3)o2)c1. The van der Waals surface area contributed by atoms with E-state index in [4.69, 9.17) is 27.6 Å². The summed E-state index contributed by atoms with van der Waals surface area (Å²) in [6, 6.07) is 22.2. The monoisotopic (exact) mass is 469 g/mol. The first-order valence-electron chi connectivity index (χ1n) is 9.39. The maximum atomic E-state index is 12.3. The molecule has 1 amide bonds. The van der Waals surface area contributed by atoms with Gasteiger partial charge in [-0.05, 0) is 48.0 Å². The summed E-state index contributed by atoms with van der Waals surface area (Å²) in [7, 11) is 0. The Labute approximate surface area is 193 Å². The Morgan fingerprint density at radius 1 is 0.903 bits per heavy atom. The fourth-order valence-electron chi connectivity index (χ4n) is 2.86. The molecule has 3 aromatic carbocycles. The Hall–Kier alpha value is -2.80. The molecule has 0 atom stereocenters. The fraction of sp³-hybridized carbons (Fsp3) is 0.0870. The zero-order chi connectivity index (χ0) is 21.6. The third-order valence-electron chi connectivity index (χ3n) is 4.34. The molecule has 0 radical (unpaired) electrons. The van der Waals surface area contributed by atoms with Gasteiger partial charge in [-0.15, -0.1) is 22.0 Å². The van der Waals surface area contributed by atoms with Crippen LogP contribution in [0.15, 0.2) is 77.2 Å². The van der Waals surface area contributed by atoms with Gasteiger partial charge in [0.1, 0.15) is 0 Å². The zero-order valence-electron chi connectivity index (χ0n) is 16.2. The molecular formula is C23H17Cl2N3O2S. The summed E-state index contributed by atoms with van der Waals surface area (Å²) in [4.78, 5) is 12.3. The number of halogens is 2. The number of amides is 1. The van der Waals surface area contributed by atoms with Crippen molar-refractivity contribution in [1.29, 1.82) is 0 Å². The molecule has 31 heavy (non-hydrogen) atoms. The van der Waals surface area contributed by atoms with Gasteiger partial charge in [0.25, 0.3) is 0 Å². The van der Waals surface area contributed by atoms with E-state index in [1.54, 1.807) is 18.2 Å². The van der Waals surface area contributed by atoms with Gasteiger partial charge in [0.2, 0.25) is 17.7 Å². The average molecular weight is 470 g/mol. The molecule has 4 aromatic rings. The van der Waals surface area contributed by atoms with Gasteiger partial charge >= 0.3 is 0 Å². The van der Waals surface area contributed by atoms with Gasteiger partial charge in [-0.1, -0.05) is 53.5 Å². The highest BCUT2D eigenvalue weighted by Gasteiger charge is 2.12. The minimum absolute atomic E-state index is 0.109. The third kappa shape index (κ3) is 5.67. The maximum absolute atomic E-state index is 12.3. The quantitative estimate of drug-likeness (QED) is 0.330. The van der Waals surface area contributed by atoms with Gasteiger partial charge in [0, 0.05) is 32.6 Å². The van der Waals surface area contributed by atoms with E-state index in [-0.39, 0.29) is 5.91 Å². The largest absolute Gasteiger partial charge is 0.416 e. The number of benzene rings is 3. The molecule has 1 aromatic heterocycles. The molecule has 0 unspecified atom stereocenters. The van der Waals surface area contributed by atoms with E-state index in [9.17, 15) is 4.79 Å². The molecule has 0 aliphatic rings. The minimum Gasteiger partial charge on any atom is -0.416 e. The van der Waals surface area contributed by atoms with Crippen molar-refractivity contribution in [2.45, 2.75) is 5.75 Å². The lowest BCUT2D eigenvalue weighted by atomic mass is 10.2. The van der Waals surface area contributed by atoms with Crippen LogP contribution in [0.1, 0.15) is 5.56 Å². The zero-order valence-corrected chi connectivity index (χ0v) is 18.5. The number of rotatable bonds is 7. The first kappa shape index (κ1) is 21.4. The van der Waals surface area contributed by atoms with Crippen LogP contribution < -0.4 is 5.32 Å². The molecule has 1 heterocycles. The van der Waals surface area contributed by atoms with E-state index >= 15 is 0 Å². The molecule has 0 fully saturated rings. The van der Waals surface area contributed by atoms with Crippen LogP contribution in [-0.2, 0) is 10.5 Å². The number of aromatic nitrogens is 2. The number of hydrogen-bond donors (Lipinski definition) is 1. The van der Waals surface area contributed by atoms with Crippen molar-refractivity contribution >= 4 is 46.6 Å². The highest BCUT2D eigenvalue weighted by Crippen LogP contribution is 2.27. The van der Waals surface area contributed by atoms with Crippen LogP contribution in [-0.4, -0.2) is 21.9 Å². The second-order valence-corrected chi connectivity index (χ2v) is 8.47. The molecular weight excluding hydrogens is 453 g/mol. The topological polar surface area (TPSA) is 68.0 Å². The Morgan fingerprint density at radius 3 is 2.42 bits per heavy atom. The van der Waals surface area contributed by atoms with Crippen molar-refractivity contribution in [3.05, 3.63) is 88.4 Å². The van der Waals surface area contributed by atoms with Crippen molar-refractivity contribution in [2.24, 2.45) is 0 Å². The smallest absolute Gasteiger partial charge is 0.248 e. The lowest BCUT2D eigenvalue weighted by Gasteiger charge is -2.07.